The van der Waals surface area contributed by atoms with Gasteiger partial charge in [-0.3, -0.25) is 9.58 Å². The molecule has 23 heavy (non-hydrogen) atoms. The van der Waals surface area contributed by atoms with E-state index in [1.54, 1.807) is 0 Å². The van der Waals surface area contributed by atoms with E-state index in [0.29, 0.717) is 12.6 Å². The van der Waals surface area contributed by atoms with Crippen LogP contribution < -0.4 is 10.6 Å². The minimum Gasteiger partial charge on any atom is -0.357 e. The number of aromatic nitrogens is 2. The largest absolute Gasteiger partial charge is 0.357 e. The maximum atomic E-state index is 4.79. The molecule has 3 rings (SSSR count). The molecule has 0 spiro atoms. The quantitative estimate of drug-likeness (QED) is 0.635. The Morgan fingerprint density at radius 1 is 1.30 bits per heavy atom. The van der Waals surface area contributed by atoms with Gasteiger partial charge in [-0.1, -0.05) is 0 Å². The van der Waals surface area contributed by atoms with Crippen molar-refractivity contribution in [3.05, 3.63) is 17.0 Å². The number of aryl methyl sites for hydroxylation is 2. The summed E-state index contributed by atoms with van der Waals surface area (Å²) < 4.78 is 1.94. The third kappa shape index (κ3) is 3.86. The normalized spacial score (nSPS) is 22.6. The highest BCUT2D eigenvalue weighted by atomic mass is 15.3. The highest BCUT2D eigenvalue weighted by Gasteiger charge is 2.34. The fraction of sp³-hybridized carbons (Fsp3) is 0.765. The summed E-state index contributed by atoms with van der Waals surface area (Å²) in [5, 5.41) is 11.5. The lowest BCUT2D eigenvalue weighted by molar-refractivity contribution is 0.321. The molecule has 1 saturated heterocycles. The van der Waals surface area contributed by atoms with Crippen molar-refractivity contribution in [2.24, 2.45) is 12.0 Å². The second-order valence-corrected chi connectivity index (χ2v) is 6.82. The SMILES string of the molecule is CCNC(=NCc1c(C)nn(C)c1C)NC1CCN(C2CC2)C1. The first-order valence-corrected chi connectivity index (χ1v) is 8.86. The Kier molecular flexibility index (Phi) is 4.90. The van der Waals surface area contributed by atoms with E-state index in [-0.39, 0.29) is 0 Å². The van der Waals surface area contributed by atoms with Gasteiger partial charge in [-0.2, -0.15) is 5.10 Å². The topological polar surface area (TPSA) is 57.5 Å². The molecule has 1 aromatic rings. The molecule has 0 radical (unpaired) electrons. The minimum atomic E-state index is 0.518. The summed E-state index contributed by atoms with van der Waals surface area (Å²) in [5.74, 6) is 0.929. The van der Waals surface area contributed by atoms with Crippen LogP contribution in [0.25, 0.3) is 0 Å². The summed E-state index contributed by atoms with van der Waals surface area (Å²) in [6.07, 6.45) is 3.99. The molecular weight excluding hydrogens is 288 g/mol. The van der Waals surface area contributed by atoms with Gasteiger partial charge in [0.05, 0.1) is 12.2 Å². The highest BCUT2D eigenvalue weighted by Crippen LogP contribution is 2.29. The van der Waals surface area contributed by atoms with Crippen molar-refractivity contribution in [1.29, 1.82) is 0 Å². The van der Waals surface area contributed by atoms with Gasteiger partial charge < -0.3 is 10.6 Å². The van der Waals surface area contributed by atoms with Crippen LogP contribution >= 0.6 is 0 Å². The predicted octanol–water partition coefficient (Wildman–Crippen LogP) is 1.33. The Hall–Kier alpha value is -1.56. The van der Waals surface area contributed by atoms with Gasteiger partial charge >= 0.3 is 0 Å². The third-order valence-corrected chi connectivity index (χ3v) is 5.02. The van der Waals surface area contributed by atoms with Crippen LogP contribution in [0.15, 0.2) is 4.99 Å². The van der Waals surface area contributed by atoms with Crippen molar-refractivity contribution in [3.8, 4) is 0 Å². The summed E-state index contributed by atoms with van der Waals surface area (Å²) in [5.41, 5.74) is 3.50. The van der Waals surface area contributed by atoms with E-state index in [2.05, 4.69) is 41.4 Å². The van der Waals surface area contributed by atoms with Gasteiger partial charge in [-0.25, -0.2) is 4.99 Å². The van der Waals surface area contributed by atoms with Crippen molar-refractivity contribution in [3.63, 3.8) is 0 Å². The van der Waals surface area contributed by atoms with Crippen LogP contribution in [0.1, 0.15) is 43.1 Å². The molecule has 2 aliphatic rings. The molecular formula is C17H30N6. The summed E-state index contributed by atoms with van der Waals surface area (Å²) in [7, 11) is 1.99. The van der Waals surface area contributed by atoms with E-state index in [4.69, 9.17) is 4.99 Å². The first kappa shape index (κ1) is 16.3. The van der Waals surface area contributed by atoms with E-state index in [9.17, 15) is 0 Å². The van der Waals surface area contributed by atoms with Crippen molar-refractivity contribution in [2.75, 3.05) is 19.6 Å². The zero-order valence-corrected chi connectivity index (χ0v) is 14.9. The number of nitrogens with zero attached hydrogens (tertiary/aromatic N) is 4. The number of aliphatic imine (C=N–C) groups is 1. The number of hydrogen-bond donors (Lipinski definition) is 2. The molecule has 2 N–H and O–H groups in total. The van der Waals surface area contributed by atoms with Crippen LogP contribution in [0.5, 0.6) is 0 Å². The van der Waals surface area contributed by atoms with Crippen molar-refractivity contribution < 1.29 is 0 Å². The van der Waals surface area contributed by atoms with E-state index in [1.165, 1.54) is 37.1 Å². The standard InChI is InChI=1S/C17H30N6/c1-5-18-17(19-10-16-12(2)21-22(4)13(16)3)20-14-8-9-23(11-14)15-6-7-15/h14-15H,5-11H2,1-4H3,(H2,18,19,20). The molecule has 1 unspecified atom stereocenters. The van der Waals surface area contributed by atoms with Crippen molar-refractivity contribution >= 4 is 5.96 Å². The van der Waals surface area contributed by atoms with Gasteiger partial charge in [0.25, 0.3) is 0 Å². The molecule has 2 heterocycles. The first-order valence-electron chi connectivity index (χ1n) is 8.86. The highest BCUT2D eigenvalue weighted by molar-refractivity contribution is 5.80. The lowest BCUT2D eigenvalue weighted by Gasteiger charge is -2.18. The molecule has 2 fully saturated rings. The summed E-state index contributed by atoms with van der Waals surface area (Å²) in [6, 6.07) is 1.38. The number of hydrogen-bond acceptors (Lipinski definition) is 3. The number of guanidine groups is 1. The van der Waals surface area contributed by atoms with E-state index in [1.807, 2.05) is 11.7 Å². The van der Waals surface area contributed by atoms with Crippen LogP contribution in [0, 0.1) is 13.8 Å². The molecule has 1 saturated carbocycles. The number of rotatable bonds is 5. The average molecular weight is 318 g/mol. The van der Waals surface area contributed by atoms with Crippen LogP contribution in [0.2, 0.25) is 0 Å². The fourth-order valence-corrected chi connectivity index (χ4v) is 3.39. The second-order valence-electron chi connectivity index (χ2n) is 6.82. The lowest BCUT2D eigenvalue weighted by atomic mass is 10.2. The van der Waals surface area contributed by atoms with E-state index in [0.717, 1.165) is 30.8 Å². The number of likely N-dealkylation sites (tertiary alicyclic amines) is 1. The molecule has 0 aromatic carbocycles. The van der Waals surface area contributed by atoms with Gasteiger partial charge in [0.15, 0.2) is 5.96 Å². The maximum Gasteiger partial charge on any atom is 0.191 e. The molecule has 128 valence electrons. The van der Waals surface area contributed by atoms with Gasteiger partial charge in [0.1, 0.15) is 0 Å². The molecule has 1 aromatic heterocycles. The molecule has 0 amide bonds. The summed E-state index contributed by atoms with van der Waals surface area (Å²) in [4.78, 5) is 7.41. The Labute approximate surface area is 139 Å². The fourth-order valence-electron chi connectivity index (χ4n) is 3.39. The van der Waals surface area contributed by atoms with Gasteiger partial charge in [-0.15, -0.1) is 0 Å². The first-order chi connectivity index (χ1) is 11.1. The Morgan fingerprint density at radius 3 is 2.70 bits per heavy atom. The Bertz CT molecular complexity index is 572. The van der Waals surface area contributed by atoms with Crippen LogP contribution in [0.3, 0.4) is 0 Å². The minimum absolute atomic E-state index is 0.518. The smallest absolute Gasteiger partial charge is 0.191 e. The van der Waals surface area contributed by atoms with E-state index >= 15 is 0 Å². The maximum absolute atomic E-state index is 4.79. The number of nitrogens with one attached hydrogen (secondary N) is 2. The van der Waals surface area contributed by atoms with Crippen molar-refractivity contribution in [1.82, 2.24) is 25.3 Å². The third-order valence-electron chi connectivity index (χ3n) is 5.02. The second kappa shape index (κ2) is 6.91. The van der Waals surface area contributed by atoms with Gasteiger partial charge in [0.2, 0.25) is 0 Å². The van der Waals surface area contributed by atoms with Gasteiger partial charge in [-0.05, 0) is 40.0 Å². The van der Waals surface area contributed by atoms with Crippen LogP contribution in [0.4, 0.5) is 0 Å². The van der Waals surface area contributed by atoms with E-state index < -0.39 is 0 Å². The molecule has 1 aliphatic carbocycles. The summed E-state index contributed by atoms with van der Waals surface area (Å²) >= 11 is 0. The molecule has 0 bridgehead atoms. The van der Waals surface area contributed by atoms with Crippen LogP contribution in [-0.4, -0.2) is 52.4 Å². The molecule has 1 atom stereocenters. The van der Waals surface area contributed by atoms with Crippen molar-refractivity contribution in [2.45, 2.75) is 58.7 Å². The molecule has 1 aliphatic heterocycles. The summed E-state index contributed by atoms with van der Waals surface area (Å²) in [6.45, 7) is 10.2. The van der Waals surface area contributed by atoms with Gasteiger partial charge in [0, 0.05) is 50.0 Å². The Balaban J connectivity index is 1.61. The monoisotopic (exact) mass is 318 g/mol. The zero-order chi connectivity index (χ0) is 16.4. The zero-order valence-electron chi connectivity index (χ0n) is 14.9. The predicted molar refractivity (Wildman–Crippen MR) is 93.6 cm³/mol. The van der Waals surface area contributed by atoms with Crippen LogP contribution in [-0.2, 0) is 13.6 Å². The lowest BCUT2D eigenvalue weighted by Crippen LogP contribution is -2.44. The average Bonchev–Trinajstić information content (AvgIpc) is 3.21. The Morgan fingerprint density at radius 2 is 2.09 bits per heavy atom. The molecule has 6 heteroatoms. The molecule has 6 nitrogen and oxygen atoms in total.